The Kier molecular flexibility index (Phi) is 17.4. The summed E-state index contributed by atoms with van der Waals surface area (Å²) >= 11 is 0. The fraction of sp³-hybridized carbons (Fsp3) is 0. The van der Waals surface area contributed by atoms with Gasteiger partial charge in [0.15, 0.2) is 5.58 Å². The SMILES string of the molecule is c1ccc(-n2c3ccccc3c3cc(-c4ccc5c(c4)c4c6oc7ccccc7c6ccc4n5-c4cccc5c4oc4ccccc45)ccc32)cc1.c1ccc2c(c1)oc1c(-c3ccc(-c4ccc(-n5c6ccccc6c6c7oc8ccccc8c7ccc65)cc4)cc3)cccc12.c1ccc2c(c1)oc1ccc(-c3ccc(-c4ccc(-n5c6ccccc6c6c7oc8ccccc8c7ccc65)cc4)cc3)cc12. The number of para-hydroxylation sites is 12. The lowest BCUT2D eigenvalue weighted by molar-refractivity contribution is 0.666. The van der Waals surface area contributed by atoms with Crippen LogP contribution in [0.4, 0.5) is 0 Å². The second kappa shape index (κ2) is 31.2. The molecule has 10 aromatic heterocycles. The van der Waals surface area contributed by atoms with Crippen LogP contribution in [0.5, 0.6) is 0 Å². The van der Waals surface area contributed by atoms with E-state index >= 15 is 0 Å². The molecule has 32 aromatic rings. The molecule has 0 aliphatic heterocycles. The van der Waals surface area contributed by atoms with Crippen LogP contribution in [0.1, 0.15) is 0 Å². The maximum atomic E-state index is 6.72. The first-order valence-electron chi connectivity index (χ1n) is 48.2. The Morgan fingerprint density at radius 3 is 0.887 bits per heavy atom. The molecule has 0 bridgehead atoms. The number of benzene rings is 22. The molecule has 0 radical (unpaired) electrons. The second-order valence-electron chi connectivity index (χ2n) is 37.1. The van der Waals surface area contributed by atoms with Gasteiger partial charge in [0.05, 0.1) is 66.0 Å². The van der Waals surface area contributed by atoms with E-state index in [9.17, 15) is 0 Å². The Bertz CT molecular complexity index is 10800. The summed E-state index contributed by atoms with van der Waals surface area (Å²) in [6.45, 7) is 0. The Hall–Kier alpha value is -19.2. The molecule has 0 unspecified atom stereocenters. The molecule has 22 aromatic carbocycles. The number of rotatable bonds is 9. The van der Waals surface area contributed by atoms with E-state index < -0.39 is 0 Å². The quantitative estimate of drug-likeness (QED) is 0.143. The average molecular weight is 1820 g/mol. The number of aromatic nitrogens is 4. The van der Waals surface area contributed by atoms with Crippen LogP contribution in [0.25, 0.3) is 297 Å². The highest BCUT2D eigenvalue weighted by atomic mass is 16.3. The maximum Gasteiger partial charge on any atom is 0.159 e. The predicted molar refractivity (Wildman–Crippen MR) is 588 cm³/mol. The lowest BCUT2D eigenvalue weighted by atomic mass is 9.98. The van der Waals surface area contributed by atoms with E-state index in [1.54, 1.807) is 0 Å². The molecule has 0 fully saturated rings. The van der Waals surface area contributed by atoms with E-state index in [4.69, 9.17) is 26.5 Å². The summed E-state index contributed by atoms with van der Waals surface area (Å²) in [5.74, 6) is 0. The summed E-state index contributed by atoms with van der Waals surface area (Å²) in [6, 6.07) is 168. The lowest BCUT2D eigenvalue weighted by Gasteiger charge is -2.10. The summed E-state index contributed by atoms with van der Waals surface area (Å²) in [7, 11) is 0. The summed E-state index contributed by atoms with van der Waals surface area (Å²) in [5.41, 5.74) is 36.2. The van der Waals surface area contributed by atoms with Gasteiger partial charge in [-0.2, -0.15) is 0 Å². The van der Waals surface area contributed by atoms with Gasteiger partial charge in [0, 0.05) is 114 Å². The van der Waals surface area contributed by atoms with Gasteiger partial charge < -0.3 is 44.8 Å². The van der Waals surface area contributed by atoms with Crippen molar-refractivity contribution < 1.29 is 26.5 Å². The lowest BCUT2D eigenvalue weighted by Crippen LogP contribution is -1.94. The van der Waals surface area contributed by atoms with E-state index in [2.05, 4.69) is 425 Å². The van der Waals surface area contributed by atoms with Gasteiger partial charge in [-0.05, 0) is 220 Å². The van der Waals surface area contributed by atoms with Crippen LogP contribution in [-0.4, -0.2) is 18.3 Å². The number of furan rings is 6. The minimum Gasteiger partial charge on any atom is -0.456 e. The molecule has 0 amide bonds. The largest absolute Gasteiger partial charge is 0.456 e. The highest BCUT2D eigenvalue weighted by Crippen LogP contribution is 2.49. The van der Waals surface area contributed by atoms with Crippen molar-refractivity contribution in [2.75, 3.05) is 0 Å². The zero-order valence-corrected chi connectivity index (χ0v) is 76.3. The van der Waals surface area contributed by atoms with Gasteiger partial charge in [-0.1, -0.05) is 303 Å². The van der Waals surface area contributed by atoms with Gasteiger partial charge in [0.1, 0.15) is 61.4 Å². The van der Waals surface area contributed by atoms with Crippen molar-refractivity contribution in [2.45, 2.75) is 0 Å². The third-order valence-corrected chi connectivity index (χ3v) is 29.4. The molecule has 0 atom stereocenters. The van der Waals surface area contributed by atoms with Gasteiger partial charge in [-0.25, -0.2) is 0 Å². The normalized spacial score (nSPS) is 12.1. The van der Waals surface area contributed by atoms with Crippen LogP contribution in [0, 0.1) is 0 Å². The number of nitrogens with zero attached hydrogens (tertiary/aromatic N) is 4. The minimum atomic E-state index is 0.872. The molecule has 0 N–H and O–H groups in total. The molecule has 0 saturated carbocycles. The van der Waals surface area contributed by atoms with Crippen molar-refractivity contribution in [3.05, 3.63) is 473 Å². The molecular weight excluding hydrogens is 1740 g/mol. The highest BCUT2D eigenvalue weighted by Gasteiger charge is 2.27. The van der Waals surface area contributed by atoms with Crippen molar-refractivity contribution in [1.29, 1.82) is 0 Å². The van der Waals surface area contributed by atoms with Gasteiger partial charge in [0.25, 0.3) is 0 Å². The maximum absolute atomic E-state index is 6.72. The van der Waals surface area contributed by atoms with Crippen LogP contribution in [0.15, 0.2) is 500 Å². The van der Waals surface area contributed by atoms with Gasteiger partial charge in [-0.3, -0.25) is 0 Å². The van der Waals surface area contributed by atoms with Crippen LogP contribution in [0.3, 0.4) is 0 Å². The van der Waals surface area contributed by atoms with Gasteiger partial charge >= 0.3 is 0 Å². The first-order chi connectivity index (χ1) is 70.4. The van der Waals surface area contributed by atoms with Gasteiger partial charge in [0.2, 0.25) is 0 Å². The molecule has 0 aliphatic rings. The van der Waals surface area contributed by atoms with Crippen LogP contribution < -0.4 is 0 Å². The highest BCUT2D eigenvalue weighted by molar-refractivity contribution is 6.28. The Morgan fingerprint density at radius 2 is 0.401 bits per heavy atom. The van der Waals surface area contributed by atoms with Crippen LogP contribution >= 0.6 is 0 Å². The third-order valence-electron chi connectivity index (χ3n) is 29.4. The monoisotopic (exact) mass is 1810 g/mol. The molecule has 32 rings (SSSR count). The number of hydrogen-bond donors (Lipinski definition) is 0. The zero-order valence-electron chi connectivity index (χ0n) is 76.3. The Balaban J connectivity index is 0.000000100. The topological polar surface area (TPSA) is 98.6 Å². The molecule has 0 aliphatic carbocycles. The van der Waals surface area contributed by atoms with Gasteiger partial charge in [-0.15, -0.1) is 0 Å². The Morgan fingerprint density at radius 1 is 0.127 bits per heavy atom. The predicted octanol–water partition coefficient (Wildman–Crippen LogP) is 37.2. The molecule has 10 heterocycles. The smallest absolute Gasteiger partial charge is 0.159 e. The molecule has 662 valence electrons. The summed E-state index contributed by atoms with van der Waals surface area (Å²) in [6.07, 6.45) is 0. The number of fused-ring (bicyclic) bond motifs is 33. The fourth-order valence-electron chi connectivity index (χ4n) is 22.9. The van der Waals surface area contributed by atoms with Crippen LogP contribution in [-0.2, 0) is 0 Å². The molecule has 0 spiro atoms. The van der Waals surface area contributed by atoms with Crippen molar-refractivity contribution in [3.8, 4) is 78.4 Å². The molecular formula is C132H78N4O6. The summed E-state index contributed by atoms with van der Waals surface area (Å²) < 4.78 is 48.0. The van der Waals surface area contributed by atoms with E-state index in [0.717, 1.165) is 220 Å². The van der Waals surface area contributed by atoms with E-state index in [-0.39, 0.29) is 0 Å². The van der Waals surface area contributed by atoms with Crippen molar-refractivity contribution in [2.24, 2.45) is 0 Å². The third kappa shape index (κ3) is 12.2. The number of hydrogen-bond acceptors (Lipinski definition) is 6. The second-order valence-corrected chi connectivity index (χ2v) is 37.1. The molecule has 0 saturated heterocycles. The zero-order chi connectivity index (χ0) is 92.9. The summed E-state index contributed by atoms with van der Waals surface area (Å²) in [5, 5.41) is 23.0. The first-order valence-corrected chi connectivity index (χ1v) is 48.2. The fourth-order valence-corrected chi connectivity index (χ4v) is 22.9. The summed E-state index contributed by atoms with van der Waals surface area (Å²) in [4.78, 5) is 0. The molecule has 142 heavy (non-hydrogen) atoms. The van der Waals surface area contributed by atoms with E-state index in [0.29, 0.717) is 0 Å². The average Bonchev–Trinajstić information content (AvgIpc) is 1.56. The van der Waals surface area contributed by atoms with Crippen molar-refractivity contribution in [3.63, 3.8) is 0 Å². The van der Waals surface area contributed by atoms with Crippen molar-refractivity contribution in [1.82, 2.24) is 18.3 Å². The Labute approximate surface area is 809 Å². The van der Waals surface area contributed by atoms with Crippen LogP contribution in [0.2, 0.25) is 0 Å². The molecule has 10 nitrogen and oxygen atoms in total. The standard InChI is InChI=1S/C48H28N2O2.2C42H25NO2/c1-2-11-31(12-3-1)49-39-17-7-4-13-32(39)37-27-29(21-24-40(37)49)30-22-25-41-38(28-30)46-42(26-23-36-34-15-6-9-20-45(34)52-48(36)46)50(41)43-18-10-16-35-33-14-5-8-19-44(33)51-47(35)43;1-4-10-36-34(9-1)41-37(23-22-33-31-7-2-6-12-39(31)45-42(33)41)43(36)30-20-17-27(18-21-30)26-13-15-28(16-14-26)29-19-24-40-35(25-29)32-8-3-5-11-38(32)44-40;1-4-13-36-35(10-1)40-37(25-24-34-32-9-3-6-15-39(32)45-42(34)40)43(36)29-22-20-27(21-23-29)26-16-18-28(19-17-26)30-11-7-12-33-31-8-2-5-14-38(31)44-41(30)33/h1-28H;2*1-25H. The molecule has 10 heteroatoms. The van der Waals surface area contributed by atoms with Crippen molar-refractivity contribution >= 4 is 219 Å². The first kappa shape index (κ1) is 79.1. The van der Waals surface area contributed by atoms with E-state index in [1.807, 2.05) is 66.7 Å². The minimum absolute atomic E-state index is 0.872. The van der Waals surface area contributed by atoms with E-state index in [1.165, 1.54) is 77.0 Å².